The number of phosphoric ester groups is 1. The van der Waals surface area contributed by atoms with E-state index in [9.17, 15) is 9.36 Å². The van der Waals surface area contributed by atoms with Gasteiger partial charge in [-0.3, -0.25) is 18.4 Å². The van der Waals surface area contributed by atoms with Crippen molar-refractivity contribution in [3.63, 3.8) is 0 Å². The van der Waals surface area contributed by atoms with Crippen LogP contribution < -0.4 is 9.47 Å². The Bertz CT molecular complexity index is 792. The lowest BCUT2D eigenvalue weighted by Crippen LogP contribution is -2.17. The first-order valence-corrected chi connectivity index (χ1v) is 10.3. The Hall–Kier alpha value is -2.18. The first-order valence-electron chi connectivity index (χ1n) is 8.86. The third kappa shape index (κ3) is 5.66. The molecule has 0 spiro atoms. The van der Waals surface area contributed by atoms with Gasteiger partial charge >= 0.3 is 7.82 Å². The lowest BCUT2D eigenvalue weighted by molar-refractivity contribution is 0.0594. The monoisotopic (exact) mass is 408 g/mol. The molecule has 28 heavy (non-hydrogen) atoms. The number of ether oxygens (including phenoxy) is 2. The number of methoxy groups -OCH3 is 2. The van der Waals surface area contributed by atoms with Crippen molar-refractivity contribution >= 4 is 13.6 Å². The molecule has 0 N–H and O–H groups in total. The summed E-state index contributed by atoms with van der Waals surface area (Å²) in [5.74, 6) is 0.859. The lowest BCUT2D eigenvalue weighted by atomic mass is 10.00. The molecule has 0 aromatic heterocycles. The maximum Gasteiger partial charge on any atom is 0.475 e. The van der Waals surface area contributed by atoms with Crippen molar-refractivity contribution in [2.75, 3.05) is 27.4 Å². The Morgan fingerprint density at radius 3 is 1.75 bits per heavy atom. The maximum atomic E-state index is 13.2. The fraction of sp³-hybridized carbons (Fsp3) is 0.350. The molecular formula is C20H25O7P. The Balaban J connectivity index is 2.41. The van der Waals surface area contributed by atoms with Crippen LogP contribution in [-0.4, -0.2) is 33.2 Å². The molecule has 1 unspecified atom stereocenters. The van der Waals surface area contributed by atoms with Crippen LogP contribution in [0.2, 0.25) is 0 Å². The molecule has 1 atom stereocenters. The van der Waals surface area contributed by atoms with Crippen molar-refractivity contribution in [2.45, 2.75) is 20.0 Å². The minimum Gasteiger partial charge on any atom is -0.497 e. The van der Waals surface area contributed by atoms with E-state index in [4.69, 9.17) is 23.0 Å². The molecule has 0 amide bonds. The summed E-state index contributed by atoms with van der Waals surface area (Å²) in [6.07, 6.45) is -1.18. The number of hydrogen-bond acceptors (Lipinski definition) is 7. The fourth-order valence-corrected chi connectivity index (χ4v) is 3.79. The van der Waals surface area contributed by atoms with Gasteiger partial charge in [-0.25, -0.2) is 4.57 Å². The predicted octanol–water partition coefficient (Wildman–Crippen LogP) is 4.83. The molecule has 2 aromatic rings. The molecule has 0 aliphatic carbocycles. The van der Waals surface area contributed by atoms with Crippen LogP contribution in [0.1, 0.15) is 35.9 Å². The van der Waals surface area contributed by atoms with Gasteiger partial charge in [-0.1, -0.05) is 12.1 Å². The van der Waals surface area contributed by atoms with E-state index in [1.54, 1.807) is 76.6 Å². The van der Waals surface area contributed by atoms with Crippen LogP contribution in [0.5, 0.6) is 11.5 Å². The summed E-state index contributed by atoms with van der Waals surface area (Å²) in [6.45, 7) is 3.57. The highest BCUT2D eigenvalue weighted by atomic mass is 31.2. The second-order valence-electron chi connectivity index (χ2n) is 5.63. The van der Waals surface area contributed by atoms with Gasteiger partial charge in [0.05, 0.1) is 27.4 Å². The summed E-state index contributed by atoms with van der Waals surface area (Å²) >= 11 is 0. The van der Waals surface area contributed by atoms with Gasteiger partial charge < -0.3 is 9.47 Å². The van der Waals surface area contributed by atoms with Gasteiger partial charge in [-0.15, -0.1) is 0 Å². The molecule has 0 bridgehead atoms. The molecule has 2 rings (SSSR count). The molecule has 0 aliphatic heterocycles. The Kier molecular flexibility index (Phi) is 8.20. The van der Waals surface area contributed by atoms with Crippen molar-refractivity contribution in [1.82, 2.24) is 0 Å². The summed E-state index contributed by atoms with van der Waals surface area (Å²) in [4.78, 5) is 13.2. The van der Waals surface area contributed by atoms with Gasteiger partial charge in [0, 0.05) is 5.56 Å². The van der Waals surface area contributed by atoms with E-state index in [1.807, 2.05) is 0 Å². The third-order valence-electron chi connectivity index (χ3n) is 3.84. The van der Waals surface area contributed by atoms with Crippen LogP contribution in [0, 0.1) is 0 Å². The molecule has 0 fully saturated rings. The summed E-state index contributed by atoms with van der Waals surface area (Å²) < 4.78 is 39.2. The van der Waals surface area contributed by atoms with Gasteiger partial charge in [0.25, 0.3) is 0 Å². The summed E-state index contributed by atoms with van der Waals surface area (Å²) in [5, 5.41) is 0. The third-order valence-corrected chi connectivity index (χ3v) is 5.46. The van der Waals surface area contributed by atoms with Crippen LogP contribution in [0.4, 0.5) is 0 Å². The smallest absolute Gasteiger partial charge is 0.475 e. The summed E-state index contributed by atoms with van der Waals surface area (Å²) in [6, 6.07) is 13.3. The largest absolute Gasteiger partial charge is 0.497 e. The predicted molar refractivity (Wildman–Crippen MR) is 105 cm³/mol. The van der Waals surface area contributed by atoms with Crippen LogP contribution in [-0.2, 0) is 18.1 Å². The molecule has 0 heterocycles. The standard InChI is InChI=1S/C20H25O7P/c1-5-25-28(22,26-6-2)27-20(16-9-13-18(24-4)14-10-16)19(21)15-7-11-17(23-3)12-8-15/h7-14,20H,5-6H2,1-4H3. The van der Waals surface area contributed by atoms with Crippen LogP contribution in [0.3, 0.4) is 0 Å². The number of hydrogen-bond donors (Lipinski definition) is 0. The number of ketones is 1. The second kappa shape index (κ2) is 10.4. The van der Waals surface area contributed by atoms with E-state index < -0.39 is 13.9 Å². The van der Waals surface area contributed by atoms with Crippen molar-refractivity contribution in [3.05, 3.63) is 59.7 Å². The van der Waals surface area contributed by atoms with Gasteiger partial charge in [-0.05, 0) is 55.8 Å². The molecule has 8 heteroatoms. The highest BCUT2D eigenvalue weighted by molar-refractivity contribution is 7.48. The zero-order valence-electron chi connectivity index (χ0n) is 16.4. The van der Waals surface area contributed by atoms with E-state index in [0.717, 1.165) is 0 Å². The molecule has 2 aromatic carbocycles. The SMILES string of the molecule is CCOP(=O)(OCC)OC(C(=O)c1ccc(OC)cc1)c1ccc(OC)cc1. The highest BCUT2D eigenvalue weighted by Gasteiger charge is 2.35. The number of carbonyl (C=O) groups is 1. The second-order valence-corrected chi connectivity index (χ2v) is 7.26. The fourth-order valence-electron chi connectivity index (χ4n) is 2.49. The van der Waals surface area contributed by atoms with E-state index in [0.29, 0.717) is 22.6 Å². The number of phosphoric acid groups is 1. The Morgan fingerprint density at radius 1 is 0.857 bits per heavy atom. The summed E-state index contributed by atoms with van der Waals surface area (Å²) in [5.41, 5.74) is 0.877. The van der Waals surface area contributed by atoms with Crippen molar-refractivity contribution in [3.8, 4) is 11.5 Å². The minimum atomic E-state index is -3.93. The number of carbonyl (C=O) groups excluding carboxylic acids is 1. The Morgan fingerprint density at radius 2 is 1.32 bits per heavy atom. The van der Waals surface area contributed by atoms with E-state index in [1.165, 1.54) is 0 Å². The molecule has 0 aliphatic rings. The highest BCUT2D eigenvalue weighted by Crippen LogP contribution is 2.53. The normalized spacial score (nSPS) is 12.4. The molecule has 0 radical (unpaired) electrons. The van der Waals surface area contributed by atoms with Crippen molar-refractivity contribution in [1.29, 1.82) is 0 Å². The van der Waals surface area contributed by atoms with Crippen molar-refractivity contribution < 1.29 is 32.4 Å². The van der Waals surface area contributed by atoms with Crippen LogP contribution >= 0.6 is 7.82 Å². The van der Waals surface area contributed by atoms with E-state index in [-0.39, 0.29) is 19.0 Å². The zero-order chi connectivity index (χ0) is 20.6. The molecular weight excluding hydrogens is 383 g/mol. The Labute approximate surface area is 165 Å². The first-order chi connectivity index (χ1) is 13.5. The van der Waals surface area contributed by atoms with Gasteiger partial charge in [0.15, 0.2) is 11.9 Å². The minimum absolute atomic E-state index is 0.114. The maximum absolute atomic E-state index is 13.2. The van der Waals surface area contributed by atoms with E-state index >= 15 is 0 Å². The number of Topliss-reactive ketones (excluding diaryl/α,β-unsaturated/α-hetero) is 1. The summed E-state index contributed by atoms with van der Waals surface area (Å²) in [7, 11) is -0.838. The molecule has 0 saturated heterocycles. The van der Waals surface area contributed by atoms with E-state index in [2.05, 4.69) is 0 Å². The van der Waals surface area contributed by atoms with Crippen molar-refractivity contribution in [2.24, 2.45) is 0 Å². The topological polar surface area (TPSA) is 80.3 Å². The molecule has 0 saturated carbocycles. The average molecular weight is 408 g/mol. The first kappa shape index (κ1) is 22.1. The number of benzene rings is 2. The van der Waals surface area contributed by atoms with Gasteiger partial charge in [0.1, 0.15) is 11.5 Å². The number of rotatable bonds is 11. The molecule has 152 valence electrons. The lowest BCUT2D eigenvalue weighted by Gasteiger charge is -2.23. The quantitative estimate of drug-likeness (QED) is 0.389. The van der Waals surface area contributed by atoms with Gasteiger partial charge in [0.2, 0.25) is 0 Å². The van der Waals surface area contributed by atoms with Gasteiger partial charge in [-0.2, -0.15) is 0 Å². The average Bonchev–Trinajstić information content (AvgIpc) is 2.72. The van der Waals surface area contributed by atoms with Crippen LogP contribution in [0.25, 0.3) is 0 Å². The van der Waals surface area contributed by atoms with Crippen LogP contribution in [0.15, 0.2) is 48.5 Å². The zero-order valence-corrected chi connectivity index (χ0v) is 17.3. The molecule has 7 nitrogen and oxygen atoms in total.